The summed E-state index contributed by atoms with van der Waals surface area (Å²) in [7, 11) is 0. The highest BCUT2D eigenvalue weighted by Crippen LogP contribution is 2.22. The summed E-state index contributed by atoms with van der Waals surface area (Å²) in [5, 5.41) is 2.85. The van der Waals surface area contributed by atoms with Crippen molar-refractivity contribution in [2.45, 2.75) is 13.0 Å². The molecule has 1 N–H and O–H groups in total. The molecule has 1 aliphatic heterocycles. The predicted octanol–water partition coefficient (Wildman–Crippen LogP) is 2.73. The van der Waals surface area contributed by atoms with Gasteiger partial charge >= 0.3 is 6.03 Å². The maximum absolute atomic E-state index is 12.9. The Morgan fingerprint density at radius 1 is 1.61 bits per heavy atom. The summed E-state index contributed by atoms with van der Waals surface area (Å²) >= 11 is 5.84. The van der Waals surface area contributed by atoms with Crippen LogP contribution in [0.5, 0.6) is 0 Å². The van der Waals surface area contributed by atoms with Gasteiger partial charge in [-0.25, -0.2) is 9.18 Å². The minimum Gasteiger partial charge on any atom is -0.375 e. The molecule has 1 fully saturated rings. The summed E-state index contributed by atoms with van der Waals surface area (Å²) < 4.78 is 18.2. The highest BCUT2D eigenvalue weighted by molar-refractivity contribution is 6.33. The third-order valence-electron chi connectivity index (χ3n) is 2.70. The second kappa shape index (κ2) is 5.54. The van der Waals surface area contributed by atoms with Crippen molar-refractivity contribution >= 4 is 23.3 Å². The number of halogens is 2. The molecular weight excluding hydrogens is 259 g/mol. The molecule has 1 heterocycles. The fraction of sp³-hybridized carbons (Fsp3) is 0.417. The van der Waals surface area contributed by atoms with Gasteiger partial charge in [0.25, 0.3) is 0 Å². The predicted molar refractivity (Wildman–Crippen MR) is 67.4 cm³/mol. The second-order valence-electron chi connectivity index (χ2n) is 4.18. The first kappa shape index (κ1) is 13.1. The van der Waals surface area contributed by atoms with Crippen molar-refractivity contribution in [1.82, 2.24) is 4.90 Å². The van der Waals surface area contributed by atoms with Crippen LogP contribution in [-0.2, 0) is 4.74 Å². The zero-order valence-electron chi connectivity index (χ0n) is 9.95. The van der Waals surface area contributed by atoms with E-state index in [1.54, 1.807) is 4.90 Å². The van der Waals surface area contributed by atoms with Crippen LogP contribution >= 0.6 is 11.6 Å². The van der Waals surface area contributed by atoms with Crippen LogP contribution in [0.15, 0.2) is 18.2 Å². The number of rotatable bonds is 1. The summed E-state index contributed by atoms with van der Waals surface area (Å²) in [6.07, 6.45) is 0.0215. The van der Waals surface area contributed by atoms with Gasteiger partial charge in [-0.2, -0.15) is 0 Å². The number of amides is 2. The standard InChI is InChI=1S/C12H14ClFN2O2/c1-8-7-16(4-5-18-8)12(17)15-11-3-2-9(14)6-10(11)13/h2-3,6,8H,4-5,7H2,1H3,(H,15,17)/t8-/m1/s1. The quantitative estimate of drug-likeness (QED) is 0.854. The lowest BCUT2D eigenvalue weighted by atomic mass is 10.3. The van der Waals surface area contributed by atoms with Crippen molar-refractivity contribution < 1.29 is 13.9 Å². The number of benzene rings is 1. The van der Waals surface area contributed by atoms with Crippen LogP contribution in [0, 0.1) is 5.82 Å². The Kier molecular flexibility index (Phi) is 4.04. The van der Waals surface area contributed by atoms with E-state index in [4.69, 9.17) is 16.3 Å². The number of hydrogen-bond donors (Lipinski definition) is 1. The summed E-state index contributed by atoms with van der Waals surface area (Å²) in [6.45, 7) is 3.50. The molecule has 0 radical (unpaired) electrons. The SMILES string of the molecule is C[C@@H]1CN(C(=O)Nc2ccc(F)cc2Cl)CCO1. The van der Waals surface area contributed by atoms with Crippen LogP contribution < -0.4 is 5.32 Å². The Morgan fingerprint density at radius 2 is 2.39 bits per heavy atom. The van der Waals surface area contributed by atoms with Crippen molar-refractivity contribution in [2.24, 2.45) is 0 Å². The van der Waals surface area contributed by atoms with Crippen LogP contribution in [-0.4, -0.2) is 36.7 Å². The van der Waals surface area contributed by atoms with Crippen LogP contribution in [0.2, 0.25) is 5.02 Å². The second-order valence-corrected chi connectivity index (χ2v) is 4.59. The van der Waals surface area contributed by atoms with Crippen molar-refractivity contribution in [3.8, 4) is 0 Å². The lowest BCUT2D eigenvalue weighted by Gasteiger charge is -2.31. The molecule has 6 heteroatoms. The molecule has 1 aliphatic rings. The Balaban J connectivity index is 2.02. The van der Waals surface area contributed by atoms with Gasteiger partial charge < -0.3 is 15.0 Å². The largest absolute Gasteiger partial charge is 0.375 e. The maximum Gasteiger partial charge on any atom is 0.322 e. The van der Waals surface area contributed by atoms with Gasteiger partial charge in [-0.1, -0.05) is 11.6 Å². The summed E-state index contributed by atoms with van der Waals surface area (Å²) in [5.41, 5.74) is 0.405. The minimum absolute atomic E-state index is 0.0215. The van der Waals surface area contributed by atoms with Crippen LogP contribution in [0.25, 0.3) is 0 Å². The van der Waals surface area contributed by atoms with E-state index in [0.29, 0.717) is 25.4 Å². The van der Waals surface area contributed by atoms with E-state index < -0.39 is 5.82 Å². The first-order valence-corrected chi connectivity index (χ1v) is 6.06. The number of carbonyl (C=O) groups excluding carboxylic acids is 1. The lowest BCUT2D eigenvalue weighted by molar-refractivity contribution is -0.00138. The molecule has 0 spiro atoms. The number of hydrogen-bond acceptors (Lipinski definition) is 2. The first-order valence-electron chi connectivity index (χ1n) is 5.69. The number of morpholine rings is 1. The van der Waals surface area contributed by atoms with Crippen molar-refractivity contribution in [2.75, 3.05) is 25.0 Å². The smallest absolute Gasteiger partial charge is 0.322 e. The molecule has 0 bridgehead atoms. The van der Waals surface area contributed by atoms with Gasteiger partial charge in [-0.05, 0) is 25.1 Å². The van der Waals surface area contributed by atoms with Gasteiger partial charge in [0.15, 0.2) is 0 Å². The van der Waals surface area contributed by atoms with Gasteiger partial charge in [0.1, 0.15) is 5.82 Å². The third kappa shape index (κ3) is 3.11. The zero-order chi connectivity index (χ0) is 13.1. The average Bonchev–Trinajstić information content (AvgIpc) is 2.32. The van der Waals surface area contributed by atoms with Gasteiger partial charge in [0.05, 0.1) is 23.4 Å². The molecule has 2 rings (SSSR count). The van der Waals surface area contributed by atoms with E-state index >= 15 is 0 Å². The number of carbonyl (C=O) groups is 1. The number of anilines is 1. The van der Waals surface area contributed by atoms with Crippen molar-refractivity contribution in [3.05, 3.63) is 29.0 Å². The molecule has 98 valence electrons. The summed E-state index contributed by atoms with van der Waals surface area (Å²) in [6, 6.07) is 3.61. The fourth-order valence-corrected chi connectivity index (χ4v) is 2.00. The molecule has 18 heavy (non-hydrogen) atoms. The van der Waals surface area contributed by atoms with Crippen molar-refractivity contribution in [1.29, 1.82) is 0 Å². The monoisotopic (exact) mass is 272 g/mol. The third-order valence-corrected chi connectivity index (χ3v) is 3.01. The summed E-state index contributed by atoms with van der Waals surface area (Å²) in [5.74, 6) is -0.432. The van der Waals surface area contributed by atoms with Gasteiger partial charge in [-0.15, -0.1) is 0 Å². The molecule has 0 aliphatic carbocycles. The average molecular weight is 273 g/mol. The van der Waals surface area contributed by atoms with Gasteiger partial charge in [0.2, 0.25) is 0 Å². The molecule has 1 aromatic rings. The Hall–Kier alpha value is -1.33. The van der Waals surface area contributed by atoms with E-state index in [0.717, 1.165) is 0 Å². The molecule has 1 aromatic carbocycles. The Labute approximate surface area is 110 Å². The highest BCUT2D eigenvalue weighted by Gasteiger charge is 2.21. The van der Waals surface area contributed by atoms with E-state index in [9.17, 15) is 9.18 Å². The normalized spacial score (nSPS) is 19.7. The fourth-order valence-electron chi connectivity index (χ4n) is 1.79. The molecule has 2 amide bonds. The molecule has 4 nitrogen and oxygen atoms in total. The van der Waals surface area contributed by atoms with Crippen LogP contribution in [0.1, 0.15) is 6.92 Å². The van der Waals surface area contributed by atoms with E-state index in [1.165, 1.54) is 18.2 Å². The van der Waals surface area contributed by atoms with Gasteiger partial charge in [0, 0.05) is 13.1 Å². The Bertz CT molecular complexity index is 456. The first-order chi connectivity index (χ1) is 8.56. The van der Waals surface area contributed by atoms with E-state index in [1.807, 2.05) is 6.92 Å². The molecule has 1 atom stereocenters. The number of nitrogens with zero attached hydrogens (tertiary/aromatic N) is 1. The number of urea groups is 1. The van der Waals surface area contributed by atoms with Gasteiger partial charge in [-0.3, -0.25) is 0 Å². The number of ether oxygens (including phenoxy) is 1. The van der Waals surface area contributed by atoms with E-state index in [2.05, 4.69) is 5.32 Å². The number of nitrogens with one attached hydrogen (secondary N) is 1. The molecule has 0 unspecified atom stereocenters. The topological polar surface area (TPSA) is 41.6 Å². The summed E-state index contributed by atoms with van der Waals surface area (Å²) in [4.78, 5) is 13.6. The van der Waals surface area contributed by atoms with Crippen LogP contribution in [0.4, 0.5) is 14.9 Å². The van der Waals surface area contributed by atoms with Crippen molar-refractivity contribution in [3.63, 3.8) is 0 Å². The minimum atomic E-state index is -0.432. The molecule has 0 aromatic heterocycles. The Morgan fingerprint density at radius 3 is 3.06 bits per heavy atom. The maximum atomic E-state index is 12.9. The molecule has 0 saturated carbocycles. The molecular formula is C12H14ClFN2O2. The van der Waals surface area contributed by atoms with E-state index in [-0.39, 0.29) is 17.2 Å². The molecule has 1 saturated heterocycles. The zero-order valence-corrected chi connectivity index (χ0v) is 10.7. The lowest BCUT2D eigenvalue weighted by Crippen LogP contribution is -2.46. The van der Waals surface area contributed by atoms with Crippen LogP contribution in [0.3, 0.4) is 0 Å². The highest BCUT2D eigenvalue weighted by atomic mass is 35.5.